The molecule has 0 radical (unpaired) electrons. The number of fused-ring (bicyclic) bond motifs is 1. The second-order valence-corrected chi connectivity index (χ2v) is 6.11. The van der Waals surface area contributed by atoms with Crippen molar-refractivity contribution in [2.75, 3.05) is 13.2 Å². The number of urea groups is 1. The lowest BCUT2D eigenvalue weighted by molar-refractivity contribution is -0.151. The van der Waals surface area contributed by atoms with Crippen LogP contribution < -0.4 is 10.6 Å². The van der Waals surface area contributed by atoms with Crippen LogP contribution in [0.3, 0.4) is 0 Å². The Kier molecular flexibility index (Phi) is 6.64. The first-order valence-electron chi connectivity index (χ1n) is 8.50. The number of hydrogen-bond acceptors (Lipinski definition) is 6. The summed E-state index contributed by atoms with van der Waals surface area (Å²) in [5.41, 5.74) is 0.952. The number of carbonyl (C=O) groups is 5. The standard InChI is InChI=1S/C18H21N3O6/c1-3-11(2)19-18(26)20-14(22)10-27-16(24)9-21-15(23)8-12-6-4-5-7-13(12)17(21)25/h4-7,11H,3,8-10H2,1-2H3,(H2,19,20,22,26)/t11-/m0/s1. The van der Waals surface area contributed by atoms with Gasteiger partial charge in [-0.05, 0) is 25.0 Å². The summed E-state index contributed by atoms with van der Waals surface area (Å²) in [6, 6.07) is 5.83. The molecule has 0 aliphatic carbocycles. The molecule has 1 heterocycles. The van der Waals surface area contributed by atoms with E-state index >= 15 is 0 Å². The third kappa shape index (κ3) is 5.37. The predicted molar refractivity (Wildman–Crippen MR) is 93.6 cm³/mol. The number of carbonyl (C=O) groups excluding carboxylic acids is 5. The van der Waals surface area contributed by atoms with Crippen LogP contribution in [0.2, 0.25) is 0 Å². The maximum atomic E-state index is 12.3. The summed E-state index contributed by atoms with van der Waals surface area (Å²) >= 11 is 0. The molecule has 9 heteroatoms. The van der Waals surface area contributed by atoms with Crippen molar-refractivity contribution in [1.29, 1.82) is 0 Å². The molecule has 0 aromatic heterocycles. The number of nitrogens with one attached hydrogen (secondary N) is 2. The molecule has 1 aromatic carbocycles. The Balaban J connectivity index is 1.84. The van der Waals surface area contributed by atoms with Gasteiger partial charge in [-0.2, -0.15) is 0 Å². The maximum absolute atomic E-state index is 12.3. The molecule has 1 aromatic rings. The summed E-state index contributed by atoms with van der Waals surface area (Å²) in [6.45, 7) is 2.35. The van der Waals surface area contributed by atoms with Crippen LogP contribution in [0.15, 0.2) is 24.3 Å². The van der Waals surface area contributed by atoms with Crippen LogP contribution in [0.5, 0.6) is 0 Å². The zero-order valence-corrected chi connectivity index (χ0v) is 15.1. The predicted octanol–water partition coefficient (Wildman–Crippen LogP) is 0.379. The van der Waals surface area contributed by atoms with E-state index in [0.717, 1.165) is 4.90 Å². The number of nitrogens with zero attached hydrogens (tertiary/aromatic N) is 1. The number of benzene rings is 1. The summed E-state index contributed by atoms with van der Waals surface area (Å²) in [5, 5.41) is 4.55. The molecule has 0 bridgehead atoms. The highest BCUT2D eigenvalue weighted by atomic mass is 16.5. The maximum Gasteiger partial charge on any atom is 0.326 e. The molecular weight excluding hydrogens is 354 g/mol. The lowest BCUT2D eigenvalue weighted by Crippen LogP contribution is -2.46. The topological polar surface area (TPSA) is 122 Å². The molecule has 0 saturated carbocycles. The van der Waals surface area contributed by atoms with E-state index in [2.05, 4.69) is 5.32 Å². The van der Waals surface area contributed by atoms with Crippen LogP contribution in [0.25, 0.3) is 0 Å². The lowest BCUT2D eigenvalue weighted by Gasteiger charge is -2.25. The molecule has 0 saturated heterocycles. The van der Waals surface area contributed by atoms with Crippen LogP contribution in [-0.4, -0.2) is 53.8 Å². The molecule has 1 aliphatic heterocycles. The molecule has 5 amide bonds. The third-order valence-corrected chi connectivity index (χ3v) is 4.03. The lowest BCUT2D eigenvalue weighted by atomic mass is 9.98. The summed E-state index contributed by atoms with van der Waals surface area (Å²) in [6.07, 6.45) is 0.698. The number of hydrogen-bond donors (Lipinski definition) is 2. The molecule has 9 nitrogen and oxygen atoms in total. The highest BCUT2D eigenvalue weighted by Gasteiger charge is 2.32. The van der Waals surface area contributed by atoms with Gasteiger partial charge in [-0.3, -0.25) is 29.4 Å². The van der Waals surface area contributed by atoms with Crippen molar-refractivity contribution in [2.24, 2.45) is 0 Å². The smallest absolute Gasteiger partial charge is 0.326 e. The first kappa shape index (κ1) is 20.1. The fourth-order valence-corrected chi connectivity index (χ4v) is 2.41. The number of esters is 1. The molecule has 27 heavy (non-hydrogen) atoms. The van der Waals surface area contributed by atoms with Gasteiger partial charge in [-0.15, -0.1) is 0 Å². The van der Waals surface area contributed by atoms with Crippen molar-refractivity contribution in [2.45, 2.75) is 32.7 Å². The minimum atomic E-state index is -0.923. The Bertz CT molecular complexity index is 776. The third-order valence-electron chi connectivity index (χ3n) is 4.03. The second-order valence-electron chi connectivity index (χ2n) is 6.11. The molecule has 0 spiro atoms. The van der Waals surface area contributed by atoms with E-state index in [1.54, 1.807) is 31.2 Å². The molecular formula is C18H21N3O6. The average molecular weight is 375 g/mol. The van der Waals surface area contributed by atoms with Crippen molar-refractivity contribution in [1.82, 2.24) is 15.5 Å². The van der Waals surface area contributed by atoms with Crippen molar-refractivity contribution in [3.05, 3.63) is 35.4 Å². The number of ether oxygens (including phenoxy) is 1. The summed E-state index contributed by atoms with van der Waals surface area (Å²) < 4.78 is 4.75. The van der Waals surface area contributed by atoms with E-state index in [4.69, 9.17) is 4.74 Å². The van der Waals surface area contributed by atoms with E-state index in [-0.39, 0.29) is 12.5 Å². The van der Waals surface area contributed by atoms with E-state index in [1.165, 1.54) is 0 Å². The van der Waals surface area contributed by atoms with Crippen molar-refractivity contribution >= 4 is 29.7 Å². The average Bonchev–Trinajstić information content (AvgIpc) is 2.63. The normalized spacial score (nSPS) is 14.2. The number of imide groups is 2. The fraction of sp³-hybridized carbons (Fsp3) is 0.389. The van der Waals surface area contributed by atoms with Crippen LogP contribution in [0.4, 0.5) is 4.79 Å². The van der Waals surface area contributed by atoms with Crippen molar-refractivity contribution in [3.8, 4) is 0 Å². The van der Waals surface area contributed by atoms with Crippen LogP contribution >= 0.6 is 0 Å². The molecule has 0 fully saturated rings. The molecule has 1 aliphatic rings. The van der Waals surface area contributed by atoms with E-state index in [9.17, 15) is 24.0 Å². The van der Waals surface area contributed by atoms with Crippen molar-refractivity contribution < 1.29 is 28.7 Å². The van der Waals surface area contributed by atoms with Gasteiger partial charge >= 0.3 is 12.0 Å². The Labute approximate surface area is 156 Å². The van der Waals surface area contributed by atoms with Gasteiger partial charge in [0.05, 0.1) is 6.42 Å². The minimum absolute atomic E-state index is 0.00542. The van der Waals surface area contributed by atoms with Crippen LogP contribution in [0.1, 0.15) is 36.2 Å². The zero-order valence-electron chi connectivity index (χ0n) is 15.1. The first-order valence-corrected chi connectivity index (χ1v) is 8.50. The van der Waals surface area contributed by atoms with Gasteiger partial charge in [0.25, 0.3) is 11.8 Å². The van der Waals surface area contributed by atoms with E-state index in [1.807, 2.05) is 12.2 Å². The Hall–Kier alpha value is -3.23. The molecule has 2 rings (SSSR count). The van der Waals surface area contributed by atoms with Crippen molar-refractivity contribution in [3.63, 3.8) is 0 Å². The summed E-state index contributed by atoms with van der Waals surface area (Å²) in [5.74, 6) is -2.84. The Morgan fingerprint density at radius 1 is 1.22 bits per heavy atom. The van der Waals surface area contributed by atoms with E-state index < -0.39 is 42.9 Å². The molecule has 2 N–H and O–H groups in total. The number of rotatable bonds is 6. The number of amides is 5. The van der Waals surface area contributed by atoms with Crippen LogP contribution in [-0.2, 0) is 25.5 Å². The minimum Gasteiger partial charge on any atom is -0.454 e. The zero-order chi connectivity index (χ0) is 20.0. The quantitative estimate of drug-likeness (QED) is 0.547. The second kappa shape index (κ2) is 8.93. The Morgan fingerprint density at radius 3 is 2.63 bits per heavy atom. The SMILES string of the molecule is CC[C@H](C)NC(=O)NC(=O)COC(=O)CN1C(=O)Cc2ccccc2C1=O. The summed E-state index contributed by atoms with van der Waals surface area (Å²) in [7, 11) is 0. The van der Waals surface area contributed by atoms with Gasteiger partial charge in [-0.25, -0.2) is 4.79 Å². The highest BCUT2D eigenvalue weighted by Crippen LogP contribution is 2.19. The molecule has 144 valence electrons. The molecule has 1 atom stereocenters. The van der Waals surface area contributed by atoms with Gasteiger partial charge in [0.2, 0.25) is 5.91 Å². The first-order chi connectivity index (χ1) is 12.8. The van der Waals surface area contributed by atoms with Gasteiger partial charge < -0.3 is 10.1 Å². The van der Waals surface area contributed by atoms with Gasteiger partial charge in [0.15, 0.2) is 6.61 Å². The fourth-order valence-electron chi connectivity index (χ4n) is 2.41. The van der Waals surface area contributed by atoms with E-state index in [0.29, 0.717) is 17.5 Å². The largest absolute Gasteiger partial charge is 0.454 e. The van der Waals surface area contributed by atoms with Crippen LogP contribution in [0, 0.1) is 0 Å². The monoisotopic (exact) mass is 375 g/mol. The molecule has 0 unspecified atom stereocenters. The summed E-state index contributed by atoms with van der Waals surface area (Å²) in [4.78, 5) is 60.2. The Morgan fingerprint density at radius 2 is 1.93 bits per heavy atom. The van der Waals surface area contributed by atoms with Gasteiger partial charge in [-0.1, -0.05) is 25.1 Å². The van der Waals surface area contributed by atoms with Gasteiger partial charge in [0.1, 0.15) is 6.54 Å². The highest BCUT2D eigenvalue weighted by molar-refractivity contribution is 6.11. The van der Waals surface area contributed by atoms with Gasteiger partial charge in [0, 0.05) is 11.6 Å².